The maximum Gasteiger partial charge on any atom is 0.268 e. The van der Waals surface area contributed by atoms with Crippen LogP contribution in [0.4, 0.5) is 10.3 Å². The van der Waals surface area contributed by atoms with Gasteiger partial charge < -0.3 is 4.74 Å². The number of fused-ring (bicyclic) bond motifs is 2. The van der Waals surface area contributed by atoms with Crippen molar-refractivity contribution in [1.82, 2.24) is 14.6 Å². The highest BCUT2D eigenvalue weighted by molar-refractivity contribution is 5.93. The molecule has 1 atom stereocenters. The van der Waals surface area contributed by atoms with E-state index in [9.17, 15) is 14.4 Å². The summed E-state index contributed by atoms with van der Waals surface area (Å²) in [4.78, 5) is 16.9. The van der Waals surface area contributed by atoms with E-state index in [2.05, 4.69) is 21.5 Å². The van der Waals surface area contributed by atoms with Crippen LogP contribution in [0.3, 0.4) is 0 Å². The van der Waals surface area contributed by atoms with Crippen LogP contribution in [0.2, 0.25) is 0 Å². The van der Waals surface area contributed by atoms with Gasteiger partial charge in [0.05, 0.1) is 11.6 Å². The minimum atomic E-state index is -0.643. The van der Waals surface area contributed by atoms with E-state index in [-0.39, 0.29) is 11.9 Å². The summed E-state index contributed by atoms with van der Waals surface area (Å²) in [5, 5.41) is 16.2. The average Bonchev–Trinajstić information content (AvgIpc) is 3.36. The van der Waals surface area contributed by atoms with Crippen molar-refractivity contribution in [3.8, 4) is 22.9 Å². The molecule has 1 N–H and O–H groups in total. The fourth-order valence-electron chi connectivity index (χ4n) is 3.47. The number of carbonyl (C=O) groups excluding carboxylic acids is 1. The highest BCUT2D eigenvalue weighted by atomic mass is 19.1. The van der Waals surface area contributed by atoms with Gasteiger partial charge in [-0.25, -0.2) is 8.91 Å². The molecule has 5 rings (SSSR count). The number of nitrogens with one attached hydrogen (secondary N) is 1. The molecule has 30 heavy (non-hydrogen) atoms. The van der Waals surface area contributed by atoms with Gasteiger partial charge in [-0.3, -0.25) is 10.1 Å². The van der Waals surface area contributed by atoms with E-state index in [0.29, 0.717) is 34.5 Å². The maximum atomic E-state index is 13.7. The number of anilines is 1. The van der Waals surface area contributed by atoms with Gasteiger partial charge in [0.15, 0.2) is 11.8 Å². The largest absolute Gasteiger partial charge is 0.480 e. The molecule has 0 aliphatic carbocycles. The number of para-hydroxylation sites is 1. The number of rotatable bonds is 3. The van der Waals surface area contributed by atoms with Crippen LogP contribution in [0, 0.1) is 17.1 Å². The van der Waals surface area contributed by atoms with Crippen molar-refractivity contribution in [3.05, 3.63) is 77.7 Å². The number of nitriles is 1. The molecule has 1 amide bonds. The lowest BCUT2D eigenvalue weighted by molar-refractivity contribution is -0.122. The summed E-state index contributed by atoms with van der Waals surface area (Å²) < 4.78 is 20.8. The van der Waals surface area contributed by atoms with Crippen molar-refractivity contribution < 1.29 is 13.9 Å². The number of pyridine rings is 1. The first-order valence-corrected chi connectivity index (χ1v) is 9.22. The summed E-state index contributed by atoms with van der Waals surface area (Å²) >= 11 is 0. The molecule has 4 aromatic rings. The van der Waals surface area contributed by atoms with Crippen LogP contribution in [0.1, 0.15) is 11.1 Å². The number of hydrogen-bond acceptors (Lipinski definition) is 5. The van der Waals surface area contributed by atoms with E-state index in [4.69, 9.17) is 4.74 Å². The number of aromatic nitrogens is 3. The zero-order chi connectivity index (χ0) is 20.7. The van der Waals surface area contributed by atoms with Crippen molar-refractivity contribution in [2.45, 2.75) is 12.5 Å². The molecule has 0 radical (unpaired) electrons. The molecule has 2 aromatic heterocycles. The van der Waals surface area contributed by atoms with Crippen molar-refractivity contribution in [3.63, 3.8) is 0 Å². The number of carbonyl (C=O) groups is 1. The van der Waals surface area contributed by atoms with Crippen molar-refractivity contribution in [1.29, 1.82) is 5.26 Å². The van der Waals surface area contributed by atoms with E-state index in [1.807, 2.05) is 24.3 Å². The van der Waals surface area contributed by atoms with Crippen LogP contribution in [0.25, 0.3) is 16.8 Å². The molecule has 0 unspecified atom stereocenters. The van der Waals surface area contributed by atoms with Crippen LogP contribution >= 0.6 is 0 Å². The monoisotopic (exact) mass is 399 g/mol. The van der Waals surface area contributed by atoms with Gasteiger partial charge in [0.25, 0.3) is 5.91 Å². The van der Waals surface area contributed by atoms with Crippen LogP contribution in [0.5, 0.6) is 5.75 Å². The predicted octanol–water partition coefficient (Wildman–Crippen LogP) is 3.35. The van der Waals surface area contributed by atoms with Gasteiger partial charge in [-0.15, -0.1) is 5.10 Å². The van der Waals surface area contributed by atoms with Crippen LogP contribution < -0.4 is 10.1 Å². The Kier molecular flexibility index (Phi) is 4.14. The number of nitrogens with zero attached hydrogens (tertiary/aromatic N) is 4. The van der Waals surface area contributed by atoms with Crippen molar-refractivity contribution in [2.75, 3.05) is 5.32 Å². The van der Waals surface area contributed by atoms with E-state index < -0.39 is 11.9 Å². The van der Waals surface area contributed by atoms with Gasteiger partial charge in [0.2, 0.25) is 5.95 Å². The van der Waals surface area contributed by atoms with E-state index >= 15 is 0 Å². The van der Waals surface area contributed by atoms with Gasteiger partial charge in [-0.05, 0) is 42.0 Å². The lowest BCUT2D eigenvalue weighted by Gasteiger charge is -2.08. The molecule has 1 aliphatic rings. The molecule has 0 saturated carbocycles. The van der Waals surface area contributed by atoms with Gasteiger partial charge in [0.1, 0.15) is 11.6 Å². The fraction of sp³-hybridized carbons (Fsp3) is 0.0909. The Balaban J connectivity index is 1.39. The molecular formula is C22H14FN5O2. The summed E-state index contributed by atoms with van der Waals surface area (Å²) in [7, 11) is 0. The molecule has 8 heteroatoms. The topological polar surface area (TPSA) is 92.3 Å². The second kappa shape index (κ2) is 6.97. The Hall–Kier alpha value is -4.25. The molecule has 0 spiro atoms. The third-order valence-corrected chi connectivity index (χ3v) is 4.92. The summed E-state index contributed by atoms with van der Waals surface area (Å²) in [5.41, 5.74) is 2.89. The summed E-state index contributed by atoms with van der Waals surface area (Å²) in [6.07, 6.45) is 1.47. The minimum Gasteiger partial charge on any atom is -0.480 e. The fourth-order valence-corrected chi connectivity index (χ4v) is 3.47. The lowest BCUT2D eigenvalue weighted by atomic mass is 10.0. The Morgan fingerprint density at radius 2 is 2.10 bits per heavy atom. The molecule has 7 nitrogen and oxygen atoms in total. The highest BCUT2D eigenvalue weighted by Gasteiger charge is 2.29. The molecule has 0 bridgehead atoms. The van der Waals surface area contributed by atoms with Crippen molar-refractivity contribution >= 4 is 17.5 Å². The second-order valence-electron chi connectivity index (χ2n) is 6.87. The molecule has 3 heterocycles. The predicted molar refractivity (Wildman–Crippen MR) is 106 cm³/mol. The van der Waals surface area contributed by atoms with Gasteiger partial charge >= 0.3 is 0 Å². The first-order chi connectivity index (χ1) is 14.6. The van der Waals surface area contributed by atoms with Crippen LogP contribution in [-0.2, 0) is 11.2 Å². The third kappa shape index (κ3) is 3.12. The summed E-state index contributed by atoms with van der Waals surface area (Å²) in [6, 6.07) is 17.0. The molecule has 2 aromatic carbocycles. The lowest BCUT2D eigenvalue weighted by Crippen LogP contribution is -2.31. The first-order valence-electron chi connectivity index (χ1n) is 9.22. The Morgan fingerprint density at radius 3 is 2.93 bits per heavy atom. The SMILES string of the molecule is N#Cc1ccc(F)cc1-c1ccc2nc(NC(=O)[C@H]3Cc4ccccc4O3)nn2c1. The Morgan fingerprint density at radius 1 is 1.23 bits per heavy atom. The molecule has 0 saturated heterocycles. The van der Waals surface area contributed by atoms with E-state index in [0.717, 1.165) is 5.56 Å². The van der Waals surface area contributed by atoms with E-state index in [1.54, 1.807) is 18.3 Å². The molecule has 0 fully saturated rings. The Labute approximate surface area is 170 Å². The molecular weight excluding hydrogens is 385 g/mol. The number of amides is 1. The summed E-state index contributed by atoms with van der Waals surface area (Å²) in [5.74, 6) is 0.0672. The maximum absolute atomic E-state index is 13.7. The zero-order valence-corrected chi connectivity index (χ0v) is 15.5. The molecule has 1 aliphatic heterocycles. The Bertz CT molecular complexity index is 1320. The van der Waals surface area contributed by atoms with E-state index in [1.165, 1.54) is 22.7 Å². The molecule has 146 valence electrons. The zero-order valence-electron chi connectivity index (χ0n) is 15.5. The van der Waals surface area contributed by atoms with Crippen LogP contribution in [-0.4, -0.2) is 26.6 Å². The summed E-state index contributed by atoms with van der Waals surface area (Å²) in [6.45, 7) is 0. The first kappa shape index (κ1) is 17.8. The van der Waals surface area contributed by atoms with Gasteiger partial charge in [0, 0.05) is 23.7 Å². The number of benzene rings is 2. The third-order valence-electron chi connectivity index (χ3n) is 4.92. The quantitative estimate of drug-likeness (QED) is 0.570. The highest BCUT2D eigenvalue weighted by Crippen LogP contribution is 2.29. The standard InChI is InChI=1S/C22H14FN5O2/c23-16-7-5-14(11-24)17(10-16)15-6-8-20-25-22(27-28(20)12-15)26-21(29)19-9-13-3-1-2-4-18(13)30-19/h1-8,10,12,19H,9H2,(H,26,27,29)/t19-/m1/s1. The average molecular weight is 399 g/mol. The van der Waals surface area contributed by atoms with Gasteiger partial charge in [-0.2, -0.15) is 10.2 Å². The smallest absolute Gasteiger partial charge is 0.268 e. The van der Waals surface area contributed by atoms with Gasteiger partial charge in [-0.1, -0.05) is 18.2 Å². The normalized spacial score (nSPS) is 14.7. The number of halogens is 1. The van der Waals surface area contributed by atoms with Crippen LogP contribution in [0.15, 0.2) is 60.8 Å². The second-order valence-corrected chi connectivity index (χ2v) is 6.87. The number of hydrogen-bond donors (Lipinski definition) is 1. The van der Waals surface area contributed by atoms with Crippen molar-refractivity contribution in [2.24, 2.45) is 0 Å². The number of ether oxygens (including phenoxy) is 1. The minimum absolute atomic E-state index is 0.136.